The topological polar surface area (TPSA) is 82.1 Å². The molecule has 0 aliphatic rings. The SMILES string of the molecule is COC(=O)/C(C(=C(C)C)P(=O)(OC)OC)=C(/C)O. The van der Waals surface area contributed by atoms with Gasteiger partial charge in [0.05, 0.1) is 12.4 Å². The monoisotopic (exact) mass is 278 g/mol. The van der Waals surface area contributed by atoms with Gasteiger partial charge < -0.3 is 18.9 Å². The van der Waals surface area contributed by atoms with Crippen LogP contribution < -0.4 is 0 Å². The van der Waals surface area contributed by atoms with Gasteiger partial charge in [0, 0.05) is 14.2 Å². The molecule has 0 amide bonds. The van der Waals surface area contributed by atoms with Crippen molar-refractivity contribution in [1.82, 2.24) is 0 Å². The van der Waals surface area contributed by atoms with Crippen molar-refractivity contribution in [3.8, 4) is 0 Å². The molecule has 0 aliphatic heterocycles. The van der Waals surface area contributed by atoms with Crippen molar-refractivity contribution in [1.29, 1.82) is 0 Å². The van der Waals surface area contributed by atoms with Crippen molar-refractivity contribution in [3.05, 3.63) is 22.2 Å². The van der Waals surface area contributed by atoms with Crippen LogP contribution in [0.25, 0.3) is 0 Å². The quantitative estimate of drug-likeness (QED) is 0.274. The second-order valence-corrected chi connectivity index (χ2v) is 5.84. The molecule has 0 aliphatic carbocycles. The molecule has 7 heteroatoms. The first-order valence-corrected chi connectivity index (χ1v) is 6.67. The summed E-state index contributed by atoms with van der Waals surface area (Å²) in [6.07, 6.45) is 0. The first-order chi connectivity index (χ1) is 8.25. The van der Waals surface area contributed by atoms with Crippen LogP contribution in [-0.4, -0.2) is 32.4 Å². The fraction of sp³-hybridized carbons (Fsp3) is 0.545. The average Bonchev–Trinajstić information content (AvgIpc) is 2.33. The summed E-state index contributed by atoms with van der Waals surface area (Å²) in [5.74, 6) is -1.12. The number of methoxy groups -OCH3 is 1. The zero-order valence-corrected chi connectivity index (χ0v) is 12.3. The van der Waals surface area contributed by atoms with Gasteiger partial charge in [-0.05, 0) is 20.8 Å². The Balaban J connectivity index is 6.12. The van der Waals surface area contributed by atoms with Gasteiger partial charge in [0.15, 0.2) is 0 Å². The summed E-state index contributed by atoms with van der Waals surface area (Å²) in [7, 11) is -0.0921. The zero-order valence-electron chi connectivity index (χ0n) is 11.4. The standard InChI is InChI=1S/C11H19O6P/c1-7(2)10(18(14,16-5)17-6)9(8(3)12)11(13)15-4/h12H,1-6H3/b9-8-. The Morgan fingerprint density at radius 1 is 1.06 bits per heavy atom. The number of aliphatic hydroxyl groups is 1. The van der Waals surface area contributed by atoms with Crippen molar-refractivity contribution >= 4 is 13.6 Å². The van der Waals surface area contributed by atoms with Crippen LogP contribution in [0.2, 0.25) is 0 Å². The minimum atomic E-state index is -3.66. The summed E-state index contributed by atoms with van der Waals surface area (Å²) in [5.41, 5.74) is 0.320. The van der Waals surface area contributed by atoms with E-state index in [2.05, 4.69) is 4.74 Å². The van der Waals surface area contributed by atoms with E-state index in [0.29, 0.717) is 5.57 Å². The molecule has 0 bridgehead atoms. The van der Waals surface area contributed by atoms with Crippen molar-refractivity contribution < 1.29 is 28.3 Å². The van der Waals surface area contributed by atoms with Gasteiger partial charge in [-0.1, -0.05) is 5.57 Å². The lowest BCUT2D eigenvalue weighted by atomic mass is 10.1. The highest BCUT2D eigenvalue weighted by Crippen LogP contribution is 2.59. The molecule has 104 valence electrons. The third-order valence-electron chi connectivity index (χ3n) is 2.22. The molecule has 0 atom stereocenters. The minimum absolute atomic E-state index is 0.0133. The lowest BCUT2D eigenvalue weighted by Gasteiger charge is -2.20. The number of ether oxygens (including phenoxy) is 1. The Morgan fingerprint density at radius 2 is 1.50 bits per heavy atom. The summed E-state index contributed by atoms with van der Waals surface area (Å²) in [6, 6.07) is 0. The molecular weight excluding hydrogens is 259 g/mol. The number of rotatable bonds is 5. The molecule has 0 aromatic carbocycles. The number of hydrogen-bond acceptors (Lipinski definition) is 6. The summed E-state index contributed by atoms with van der Waals surface area (Å²) in [6.45, 7) is 4.56. The highest BCUT2D eigenvalue weighted by atomic mass is 31.2. The second-order valence-electron chi connectivity index (χ2n) is 3.66. The molecule has 18 heavy (non-hydrogen) atoms. The van der Waals surface area contributed by atoms with Gasteiger partial charge in [-0.3, -0.25) is 4.57 Å². The van der Waals surface area contributed by atoms with Crippen LogP contribution in [0.4, 0.5) is 0 Å². The minimum Gasteiger partial charge on any atom is -0.512 e. The fourth-order valence-electron chi connectivity index (χ4n) is 1.44. The lowest BCUT2D eigenvalue weighted by Crippen LogP contribution is -2.12. The molecule has 0 unspecified atom stereocenters. The molecule has 6 nitrogen and oxygen atoms in total. The molecule has 0 saturated heterocycles. The van der Waals surface area contributed by atoms with E-state index in [0.717, 1.165) is 0 Å². The molecule has 0 radical (unpaired) electrons. The number of carbonyl (C=O) groups is 1. The predicted octanol–water partition coefficient (Wildman–Crippen LogP) is 2.77. The molecule has 0 fully saturated rings. The van der Waals surface area contributed by atoms with Gasteiger partial charge in [0.25, 0.3) is 0 Å². The van der Waals surface area contributed by atoms with Crippen LogP contribution in [0.1, 0.15) is 20.8 Å². The van der Waals surface area contributed by atoms with Gasteiger partial charge in [-0.15, -0.1) is 0 Å². The Hall–Kier alpha value is -1.10. The fourth-order valence-corrected chi connectivity index (χ4v) is 3.02. The van der Waals surface area contributed by atoms with Gasteiger partial charge in [-0.25, -0.2) is 4.79 Å². The normalized spacial score (nSPS) is 12.8. The van der Waals surface area contributed by atoms with Crippen molar-refractivity contribution in [2.24, 2.45) is 0 Å². The van der Waals surface area contributed by atoms with Gasteiger partial charge in [0.2, 0.25) is 0 Å². The highest BCUT2D eigenvalue weighted by Gasteiger charge is 2.36. The molecule has 1 N–H and O–H groups in total. The van der Waals surface area contributed by atoms with Crippen LogP contribution in [-0.2, 0) is 23.1 Å². The van der Waals surface area contributed by atoms with Crippen LogP contribution in [0.5, 0.6) is 0 Å². The number of allylic oxidation sites excluding steroid dienone is 2. The Bertz CT molecular complexity index is 419. The Kier molecular flexibility index (Phi) is 6.32. The van der Waals surface area contributed by atoms with Crippen LogP contribution in [0.15, 0.2) is 22.2 Å². The lowest BCUT2D eigenvalue weighted by molar-refractivity contribution is -0.136. The summed E-state index contributed by atoms with van der Waals surface area (Å²) in [5, 5.41) is 9.61. The number of hydrogen-bond donors (Lipinski definition) is 1. The van der Waals surface area contributed by atoms with E-state index < -0.39 is 13.6 Å². The summed E-state index contributed by atoms with van der Waals surface area (Å²) < 4.78 is 26.7. The van der Waals surface area contributed by atoms with Crippen molar-refractivity contribution in [3.63, 3.8) is 0 Å². The maximum Gasteiger partial charge on any atom is 0.361 e. The van der Waals surface area contributed by atoms with E-state index in [9.17, 15) is 14.5 Å². The van der Waals surface area contributed by atoms with Crippen molar-refractivity contribution in [2.45, 2.75) is 20.8 Å². The molecule has 0 spiro atoms. The molecule has 0 aromatic rings. The van der Waals surface area contributed by atoms with Crippen LogP contribution >= 0.6 is 7.60 Å². The van der Waals surface area contributed by atoms with E-state index in [-0.39, 0.29) is 16.6 Å². The number of aliphatic hydroxyl groups excluding tert-OH is 1. The van der Waals surface area contributed by atoms with Crippen LogP contribution in [0, 0.1) is 0 Å². The maximum absolute atomic E-state index is 12.4. The van der Waals surface area contributed by atoms with Gasteiger partial charge in [-0.2, -0.15) is 0 Å². The first-order valence-electron chi connectivity index (χ1n) is 5.13. The smallest absolute Gasteiger partial charge is 0.361 e. The van der Waals surface area contributed by atoms with E-state index >= 15 is 0 Å². The van der Waals surface area contributed by atoms with E-state index in [1.54, 1.807) is 13.8 Å². The Labute approximate surface area is 107 Å². The Morgan fingerprint density at radius 3 is 1.72 bits per heavy atom. The zero-order chi connectivity index (χ0) is 14.5. The highest BCUT2D eigenvalue weighted by molar-refractivity contribution is 7.59. The predicted molar refractivity (Wildman–Crippen MR) is 67.3 cm³/mol. The number of esters is 1. The third-order valence-corrected chi connectivity index (χ3v) is 4.40. The third kappa shape index (κ3) is 3.45. The average molecular weight is 278 g/mol. The maximum atomic E-state index is 12.4. The first kappa shape index (κ1) is 16.9. The summed E-state index contributed by atoms with van der Waals surface area (Å²) in [4.78, 5) is 11.7. The van der Waals surface area contributed by atoms with Gasteiger partial charge in [0.1, 0.15) is 11.3 Å². The van der Waals surface area contributed by atoms with Crippen molar-refractivity contribution in [2.75, 3.05) is 21.3 Å². The molecule has 0 aromatic heterocycles. The van der Waals surface area contributed by atoms with E-state index in [4.69, 9.17) is 9.05 Å². The van der Waals surface area contributed by atoms with E-state index in [1.165, 1.54) is 28.3 Å². The van der Waals surface area contributed by atoms with E-state index in [1.807, 2.05) is 0 Å². The molecule has 0 heterocycles. The molecule has 0 rings (SSSR count). The van der Waals surface area contributed by atoms with Gasteiger partial charge >= 0.3 is 13.6 Å². The summed E-state index contributed by atoms with van der Waals surface area (Å²) >= 11 is 0. The number of carbonyl (C=O) groups excluding carboxylic acids is 1. The second kappa shape index (κ2) is 6.73. The molecule has 0 saturated carbocycles. The van der Waals surface area contributed by atoms with Crippen LogP contribution in [0.3, 0.4) is 0 Å². The molecular formula is C11H19O6P. The largest absolute Gasteiger partial charge is 0.512 e.